The molecule has 0 saturated carbocycles. The number of nitrogens with zero attached hydrogens (tertiary/aromatic N) is 3. The number of anilines is 3. The molecule has 11 aromatic rings. The standard InChI is InChI=1S/C50H31N3O3/c1-2-8-36-29-39(14-13-32(36)7-1)50-52-44-28-21-37(30-48(44)56-50)33-15-22-40(23-16-33)53(41-24-17-34(18-25-41)47-31-38-9-3-5-11-45(38)54-47)42-26-19-35(20-27-42)49-51-43-10-4-6-12-46(43)55-49/h1-31H. The third-order valence-corrected chi connectivity index (χ3v) is 10.3. The average molecular weight is 722 g/mol. The zero-order valence-electron chi connectivity index (χ0n) is 30.0. The maximum absolute atomic E-state index is 6.32. The lowest BCUT2D eigenvalue weighted by atomic mass is 10.0. The van der Waals surface area contributed by atoms with Crippen molar-refractivity contribution in [2.75, 3.05) is 4.90 Å². The van der Waals surface area contributed by atoms with Crippen molar-refractivity contribution in [3.8, 4) is 45.4 Å². The molecule has 0 fully saturated rings. The van der Waals surface area contributed by atoms with Gasteiger partial charge in [-0.2, -0.15) is 0 Å². The lowest BCUT2D eigenvalue weighted by molar-refractivity contribution is 0.619. The summed E-state index contributed by atoms with van der Waals surface area (Å²) in [6, 6.07) is 64.3. The van der Waals surface area contributed by atoms with Crippen molar-refractivity contribution in [1.29, 1.82) is 0 Å². The van der Waals surface area contributed by atoms with Crippen LogP contribution < -0.4 is 4.90 Å². The number of aromatic nitrogens is 2. The Hall–Kier alpha value is -7.70. The van der Waals surface area contributed by atoms with Crippen LogP contribution in [0.2, 0.25) is 0 Å². The van der Waals surface area contributed by atoms with E-state index in [1.165, 1.54) is 5.39 Å². The Kier molecular flexibility index (Phi) is 7.38. The lowest BCUT2D eigenvalue weighted by Gasteiger charge is -2.26. The van der Waals surface area contributed by atoms with Gasteiger partial charge in [-0.15, -0.1) is 0 Å². The van der Waals surface area contributed by atoms with Crippen LogP contribution in [0.25, 0.3) is 89.3 Å². The maximum atomic E-state index is 6.32. The van der Waals surface area contributed by atoms with Crippen molar-refractivity contribution in [2.45, 2.75) is 0 Å². The molecule has 264 valence electrons. The summed E-state index contributed by atoms with van der Waals surface area (Å²) >= 11 is 0. The van der Waals surface area contributed by atoms with E-state index in [0.717, 1.165) is 89.2 Å². The monoisotopic (exact) mass is 721 g/mol. The molecule has 8 aromatic carbocycles. The molecule has 0 bridgehead atoms. The van der Waals surface area contributed by atoms with Crippen LogP contribution in [0.3, 0.4) is 0 Å². The number of hydrogen-bond acceptors (Lipinski definition) is 6. The van der Waals surface area contributed by atoms with E-state index in [9.17, 15) is 0 Å². The van der Waals surface area contributed by atoms with Crippen LogP contribution in [0.5, 0.6) is 0 Å². The minimum atomic E-state index is 0.594. The van der Waals surface area contributed by atoms with Gasteiger partial charge in [0.1, 0.15) is 22.4 Å². The zero-order valence-corrected chi connectivity index (χ0v) is 30.0. The first-order valence-electron chi connectivity index (χ1n) is 18.5. The highest BCUT2D eigenvalue weighted by molar-refractivity contribution is 5.89. The molecule has 0 aliphatic heterocycles. The molecule has 0 saturated heterocycles. The van der Waals surface area contributed by atoms with E-state index in [-0.39, 0.29) is 0 Å². The summed E-state index contributed by atoms with van der Waals surface area (Å²) in [6.45, 7) is 0. The summed E-state index contributed by atoms with van der Waals surface area (Å²) in [5.74, 6) is 2.05. The van der Waals surface area contributed by atoms with Gasteiger partial charge < -0.3 is 18.2 Å². The smallest absolute Gasteiger partial charge is 0.227 e. The molecule has 3 aromatic heterocycles. The van der Waals surface area contributed by atoms with Gasteiger partial charge in [0.05, 0.1) is 0 Å². The van der Waals surface area contributed by atoms with Gasteiger partial charge in [-0.25, -0.2) is 9.97 Å². The second-order valence-electron chi connectivity index (χ2n) is 13.9. The van der Waals surface area contributed by atoms with Gasteiger partial charge in [0.15, 0.2) is 11.2 Å². The van der Waals surface area contributed by atoms with Crippen molar-refractivity contribution in [1.82, 2.24) is 9.97 Å². The van der Waals surface area contributed by atoms with Crippen LogP contribution in [0, 0.1) is 0 Å². The van der Waals surface area contributed by atoms with Crippen molar-refractivity contribution in [3.05, 3.63) is 188 Å². The zero-order chi connectivity index (χ0) is 37.0. The van der Waals surface area contributed by atoms with E-state index in [0.29, 0.717) is 11.8 Å². The van der Waals surface area contributed by atoms with Crippen LogP contribution >= 0.6 is 0 Å². The Labute approximate surface area is 321 Å². The quantitative estimate of drug-likeness (QED) is 0.163. The molecule has 0 unspecified atom stereocenters. The van der Waals surface area contributed by atoms with Crippen LogP contribution in [-0.2, 0) is 0 Å². The van der Waals surface area contributed by atoms with Crippen molar-refractivity contribution >= 4 is 61.0 Å². The first kappa shape index (κ1) is 31.8. The number of benzene rings is 8. The molecule has 0 aliphatic rings. The number of para-hydroxylation sites is 3. The fraction of sp³-hybridized carbons (Fsp3) is 0. The number of hydrogen-bond donors (Lipinski definition) is 0. The summed E-state index contributed by atoms with van der Waals surface area (Å²) in [7, 11) is 0. The Bertz CT molecular complexity index is 3010. The van der Waals surface area contributed by atoms with Crippen molar-refractivity contribution in [2.24, 2.45) is 0 Å². The summed E-state index contributed by atoms with van der Waals surface area (Å²) in [5, 5.41) is 3.43. The normalized spacial score (nSPS) is 11.6. The van der Waals surface area contributed by atoms with Crippen molar-refractivity contribution < 1.29 is 13.3 Å². The van der Waals surface area contributed by atoms with Crippen LogP contribution in [0.4, 0.5) is 17.1 Å². The van der Waals surface area contributed by atoms with Crippen molar-refractivity contribution in [3.63, 3.8) is 0 Å². The first-order chi connectivity index (χ1) is 27.7. The first-order valence-corrected chi connectivity index (χ1v) is 18.5. The molecular formula is C50H31N3O3. The van der Waals surface area contributed by atoms with E-state index >= 15 is 0 Å². The SMILES string of the molecule is c1ccc2cc(-c3nc4ccc(-c5ccc(N(c6ccc(-c7cc8ccccc8o7)cc6)c6ccc(-c7nc8ccccc8o7)cc6)cc5)cc4o3)ccc2c1. The van der Waals surface area contributed by atoms with Gasteiger partial charge in [-0.05, 0) is 131 Å². The van der Waals surface area contributed by atoms with Gasteiger partial charge >= 0.3 is 0 Å². The van der Waals surface area contributed by atoms with Gasteiger partial charge in [-0.1, -0.05) is 78.9 Å². The minimum absolute atomic E-state index is 0.594. The molecule has 0 amide bonds. The number of fused-ring (bicyclic) bond motifs is 4. The molecule has 3 heterocycles. The van der Waals surface area contributed by atoms with Crippen LogP contribution in [0.1, 0.15) is 0 Å². The van der Waals surface area contributed by atoms with Gasteiger partial charge in [-0.3, -0.25) is 0 Å². The average Bonchev–Trinajstić information content (AvgIpc) is 4.01. The molecular weight excluding hydrogens is 691 g/mol. The van der Waals surface area contributed by atoms with E-state index in [1.54, 1.807) is 0 Å². The highest BCUT2D eigenvalue weighted by Crippen LogP contribution is 2.39. The number of oxazole rings is 2. The van der Waals surface area contributed by atoms with Gasteiger partial charge in [0.25, 0.3) is 0 Å². The molecule has 0 atom stereocenters. The maximum Gasteiger partial charge on any atom is 0.227 e. The predicted octanol–water partition coefficient (Wildman–Crippen LogP) is 14.0. The molecule has 6 nitrogen and oxygen atoms in total. The summed E-state index contributed by atoms with van der Waals surface area (Å²) in [4.78, 5) is 11.8. The second kappa shape index (κ2) is 13.0. The highest BCUT2D eigenvalue weighted by Gasteiger charge is 2.17. The Morgan fingerprint density at radius 3 is 1.57 bits per heavy atom. The second-order valence-corrected chi connectivity index (χ2v) is 13.9. The lowest BCUT2D eigenvalue weighted by Crippen LogP contribution is -2.09. The van der Waals surface area contributed by atoms with E-state index in [1.807, 2.05) is 60.7 Å². The Morgan fingerprint density at radius 2 is 0.857 bits per heavy atom. The van der Waals surface area contributed by atoms with Gasteiger partial charge in [0.2, 0.25) is 11.8 Å². The van der Waals surface area contributed by atoms with E-state index in [4.69, 9.17) is 23.2 Å². The fourth-order valence-corrected chi connectivity index (χ4v) is 7.45. The Morgan fingerprint density at radius 1 is 0.321 bits per heavy atom. The molecule has 0 spiro atoms. The Balaban J connectivity index is 0.931. The highest BCUT2D eigenvalue weighted by atomic mass is 16.4. The van der Waals surface area contributed by atoms with Crippen LogP contribution in [-0.4, -0.2) is 9.97 Å². The molecule has 11 rings (SSSR count). The third-order valence-electron chi connectivity index (χ3n) is 10.3. The molecule has 6 heteroatoms. The molecule has 0 aliphatic carbocycles. The van der Waals surface area contributed by atoms with Crippen LogP contribution in [0.15, 0.2) is 201 Å². The third kappa shape index (κ3) is 5.68. The largest absolute Gasteiger partial charge is 0.456 e. The molecule has 0 radical (unpaired) electrons. The molecule has 0 N–H and O–H groups in total. The van der Waals surface area contributed by atoms with Gasteiger partial charge in [0, 0.05) is 39.1 Å². The summed E-state index contributed by atoms with van der Waals surface area (Å²) in [6.07, 6.45) is 0. The summed E-state index contributed by atoms with van der Waals surface area (Å²) in [5.41, 5.74) is 12.1. The van der Waals surface area contributed by atoms with E-state index in [2.05, 4.69) is 132 Å². The summed E-state index contributed by atoms with van der Waals surface area (Å²) < 4.78 is 18.6. The minimum Gasteiger partial charge on any atom is -0.456 e. The van der Waals surface area contributed by atoms with E-state index < -0.39 is 0 Å². The molecule has 56 heavy (non-hydrogen) atoms. The predicted molar refractivity (Wildman–Crippen MR) is 225 cm³/mol. The topological polar surface area (TPSA) is 68.4 Å². The number of rotatable bonds is 7. The fourth-order valence-electron chi connectivity index (χ4n) is 7.45. The number of furan rings is 1.